The molecule has 2 unspecified atom stereocenters. The molecule has 3 aromatic carbocycles. The van der Waals surface area contributed by atoms with Gasteiger partial charge in [0.2, 0.25) is 0 Å². The van der Waals surface area contributed by atoms with E-state index in [0.29, 0.717) is 45.6 Å². The van der Waals surface area contributed by atoms with E-state index in [0.717, 1.165) is 23.5 Å². The van der Waals surface area contributed by atoms with Crippen molar-refractivity contribution in [2.75, 3.05) is 57.6 Å². The Balaban J connectivity index is 1.39. The molecule has 0 aliphatic carbocycles. The van der Waals surface area contributed by atoms with Crippen molar-refractivity contribution in [2.45, 2.75) is 18.6 Å². The first-order valence-electron chi connectivity index (χ1n) is 14.5. The maximum Gasteiger partial charge on any atom is 0.128 e. The second kappa shape index (κ2) is 20.4. The van der Waals surface area contributed by atoms with E-state index in [2.05, 4.69) is 66.8 Å². The van der Waals surface area contributed by atoms with Crippen molar-refractivity contribution in [3.05, 3.63) is 140 Å². The van der Waals surface area contributed by atoms with E-state index in [9.17, 15) is 0 Å². The van der Waals surface area contributed by atoms with E-state index in [4.69, 9.17) is 28.4 Å². The summed E-state index contributed by atoms with van der Waals surface area (Å²) >= 11 is 0. The lowest BCUT2D eigenvalue weighted by molar-refractivity contribution is -0.0224. The highest BCUT2D eigenvalue weighted by molar-refractivity contribution is 5.47. The second-order valence-electron chi connectivity index (χ2n) is 9.69. The molecule has 2 N–H and O–H groups in total. The van der Waals surface area contributed by atoms with Gasteiger partial charge in [0.25, 0.3) is 0 Å². The molecule has 0 saturated heterocycles. The number of allylic oxidation sites excluding steroid dienone is 3. The summed E-state index contributed by atoms with van der Waals surface area (Å²) < 4.78 is 34.0. The number of benzene rings is 3. The van der Waals surface area contributed by atoms with Crippen LogP contribution >= 0.6 is 0 Å². The van der Waals surface area contributed by atoms with Crippen LogP contribution in [0.5, 0.6) is 5.75 Å². The highest BCUT2D eigenvalue weighted by Gasteiger charge is 2.12. The molecular formula is C36H44N2O6. The Morgan fingerprint density at radius 1 is 0.727 bits per heavy atom. The van der Waals surface area contributed by atoms with Crippen molar-refractivity contribution in [1.29, 1.82) is 0 Å². The van der Waals surface area contributed by atoms with Gasteiger partial charge in [-0.1, -0.05) is 68.3 Å². The van der Waals surface area contributed by atoms with Gasteiger partial charge in [0.05, 0.1) is 12.9 Å². The molecule has 8 heteroatoms. The van der Waals surface area contributed by atoms with Crippen molar-refractivity contribution < 1.29 is 28.4 Å². The Labute approximate surface area is 261 Å². The summed E-state index contributed by atoms with van der Waals surface area (Å²) in [6.45, 7) is 13.1. The van der Waals surface area contributed by atoms with E-state index >= 15 is 0 Å². The standard InChI is InChI=1S/C36H44N2O6/c1-5-11-33(6-2)41-26-36(24-40-7-3)44-28-38-32-20-16-30(17-21-32)22-29-14-18-31(19-15-29)37-27-43-35(23-39-4)25-42-34-12-9-8-10-13-34/h5-21,35-38H,1-3,22-28H2,4H3/b33-11+. The van der Waals surface area contributed by atoms with Gasteiger partial charge < -0.3 is 39.1 Å². The van der Waals surface area contributed by atoms with E-state index in [1.165, 1.54) is 17.4 Å². The first-order valence-corrected chi connectivity index (χ1v) is 14.5. The Bertz CT molecular complexity index is 1260. The summed E-state index contributed by atoms with van der Waals surface area (Å²) in [4.78, 5) is 0. The zero-order valence-electron chi connectivity index (χ0n) is 25.5. The quantitative estimate of drug-likeness (QED) is 0.0688. The minimum absolute atomic E-state index is 0.187. The molecule has 3 rings (SSSR count). The average Bonchev–Trinajstić information content (AvgIpc) is 3.06. The molecule has 0 aliphatic heterocycles. The van der Waals surface area contributed by atoms with Gasteiger partial charge in [-0.3, -0.25) is 0 Å². The van der Waals surface area contributed by atoms with Gasteiger partial charge in [0, 0.05) is 18.5 Å². The molecule has 234 valence electrons. The minimum Gasteiger partial charge on any atom is -0.499 e. The van der Waals surface area contributed by atoms with Crippen molar-refractivity contribution in [3.63, 3.8) is 0 Å². The van der Waals surface area contributed by atoms with Gasteiger partial charge in [-0.2, -0.15) is 0 Å². The Morgan fingerprint density at radius 3 is 1.84 bits per heavy atom. The molecule has 0 amide bonds. The van der Waals surface area contributed by atoms with Gasteiger partial charge >= 0.3 is 0 Å². The van der Waals surface area contributed by atoms with Gasteiger partial charge in [-0.15, -0.1) is 0 Å². The Kier molecular flexibility index (Phi) is 15.8. The maximum atomic E-state index is 5.94. The van der Waals surface area contributed by atoms with Crippen LogP contribution in [-0.4, -0.2) is 59.2 Å². The lowest BCUT2D eigenvalue weighted by Gasteiger charge is -2.19. The lowest BCUT2D eigenvalue weighted by atomic mass is 10.0. The Morgan fingerprint density at radius 2 is 1.32 bits per heavy atom. The lowest BCUT2D eigenvalue weighted by Crippen LogP contribution is -2.28. The largest absolute Gasteiger partial charge is 0.499 e. The first kappa shape index (κ1) is 34.0. The molecule has 2 atom stereocenters. The summed E-state index contributed by atoms with van der Waals surface area (Å²) in [5.74, 6) is 1.43. The molecule has 0 bridgehead atoms. The van der Waals surface area contributed by atoms with Gasteiger partial charge in [0.15, 0.2) is 0 Å². The van der Waals surface area contributed by atoms with Crippen molar-refractivity contribution in [2.24, 2.45) is 0 Å². The number of para-hydroxylation sites is 1. The second-order valence-corrected chi connectivity index (χ2v) is 9.69. The molecule has 0 aliphatic rings. The molecule has 3 aromatic rings. The number of hydrogen-bond acceptors (Lipinski definition) is 8. The highest BCUT2D eigenvalue weighted by atomic mass is 16.6. The van der Waals surface area contributed by atoms with Crippen LogP contribution in [0.2, 0.25) is 0 Å². The summed E-state index contributed by atoms with van der Waals surface area (Å²) in [5.41, 5.74) is 4.35. The Hall–Kier alpha value is -4.50. The van der Waals surface area contributed by atoms with Gasteiger partial charge in [-0.25, -0.2) is 0 Å². The fourth-order valence-electron chi connectivity index (χ4n) is 4.04. The van der Waals surface area contributed by atoms with Crippen LogP contribution in [0.1, 0.15) is 11.1 Å². The van der Waals surface area contributed by atoms with Crippen LogP contribution in [0, 0.1) is 0 Å². The summed E-state index contributed by atoms with van der Waals surface area (Å²) in [6.07, 6.45) is 6.74. The molecule has 0 spiro atoms. The molecule has 0 heterocycles. The molecule has 0 saturated carbocycles. The predicted molar refractivity (Wildman–Crippen MR) is 177 cm³/mol. The number of rotatable bonds is 23. The maximum absolute atomic E-state index is 5.94. The van der Waals surface area contributed by atoms with E-state index in [1.54, 1.807) is 25.3 Å². The smallest absolute Gasteiger partial charge is 0.128 e. The number of nitrogens with one attached hydrogen (secondary N) is 2. The summed E-state index contributed by atoms with van der Waals surface area (Å²) in [5, 5.41) is 6.59. The number of ether oxygens (including phenoxy) is 6. The molecule has 0 aromatic heterocycles. The van der Waals surface area contributed by atoms with Crippen molar-refractivity contribution in [1.82, 2.24) is 0 Å². The number of anilines is 2. The molecule has 8 nitrogen and oxygen atoms in total. The molecule has 0 fully saturated rings. The fraction of sp³-hybridized carbons (Fsp3) is 0.278. The number of methoxy groups -OCH3 is 1. The first-order chi connectivity index (χ1) is 21.6. The summed E-state index contributed by atoms with van der Waals surface area (Å²) in [7, 11) is 1.65. The summed E-state index contributed by atoms with van der Waals surface area (Å²) in [6, 6.07) is 26.3. The predicted octanol–water partition coefficient (Wildman–Crippen LogP) is 6.94. The van der Waals surface area contributed by atoms with Crippen LogP contribution < -0.4 is 15.4 Å². The van der Waals surface area contributed by atoms with Gasteiger partial charge in [0.1, 0.15) is 57.0 Å². The van der Waals surface area contributed by atoms with Crippen molar-refractivity contribution in [3.8, 4) is 5.75 Å². The van der Waals surface area contributed by atoms with Crippen LogP contribution in [0.25, 0.3) is 0 Å². The van der Waals surface area contributed by atoms with Crippen LogP contribution in [-0.2, 0) is 30.1 Å². The normalized spacial score (nSPS) is 12.4. The molecule has 44 heavy (non-hydrogen) atoms. The SMILES string of the molecule is C=C/C=C(\C=C)OCC(COC=C)OCNc1ccc(Cc2ccc(NCOC(COC)COc3ccccc3)cc2)cc1. The molecule has 0 radical (unpaired) electrons. The molecular weight excluding hydrogens is 556 g/mol. The highest BCUT2D eigenvalue weighted by Crippen LogP contribution is 2.17. The van der Waals surface area contributed by atoms with Crippen molar-refractivity contribution >= 4 is 11.4 Å². The number of hydrogen-bond donors (Lipinski definition) is 2. The van der Waals surface area contributed by atoms with E-state index in [-0.39, 0.29) is 12.2 Å². The average molecular weight is 601 g/mol. The third-order valence-electron chi connectivity index (χ3n) is 6.36. The van der Waals surface area contributed by atoms with Crippen LogP contribution in [0.3, 0.4) is 0 Å². The zero-order chi connectivity index (χ0) is 31.2. The third kappa shape index (κ3) is 13.2. The van der Waals surface area contributed by atoms with E-state index < -0.39 is 0 Å². The topological polar surface area (TPSA) is 79.4 Å². The van der Waals surface area contributed by atoms with Crippen LogP contribution in [0.4, 0.5) is 11.4 Å². The van der Waals surface area contributed by atoms with E-state index in [1.807, 2.05) is 42.5 Å². The minimum atomic E-state index is -0.294. The fourth-order valence-corrected chi connectivity index (χ4v) is 4.04. The zero-order valence-corrected chi connectivity index (χ0v) is 25.5. The monoisotopic (exact) mass is 600 g/mol. The third-order valence-corrected chi connectivity index (χ3v) is 6.36. The van der Waals surface area contributed by atoms with Gasteiger partial charge in [-0.05, 0) is 66.1 Å². The van der Waals surface area contributed by atoms with Crippen LogP contribution in [0.15, 0.2) is 129 Å².